The van der Waals surface area contributed by atoms with Gasteiger partial charge in [-0.25, -0.2) is 13.1 Å². The fraction of sp³-hybridized carbons (Fsp3) is 0.667. The molecule has 1 aliphatic carbocycles. The van der Waals surface area contributed by atoms with Gasteiger partial charge in [0.2, 0.25) is 10.0 Å². The first kappa shape index (κ1) is 15.3. The first-order valence-corrected chi connectivity index (χ1v) is 9.10. The van der Waals surface area contributed by atoms with Crippen LogP contribution in [0.1, 0.15) is 32.1 Å². The van der Waals surface area contributed by atoms with Crippen LogP contribution in [0.5, 0.6) is 0 Å². The van der Waals surface area contributed by atoms with Crippen LogP contribution in [-0.2, 0) is 10.0 Å². The molecule has 0 bridgehead atoms. The van der Waals surface area contributed by atoms with Crippen LogP contribution in [0.4, 0.5) is 0 Å². The van der Waals surface area contributed by atoms with E-state index in [1.807, 2.05) is 0 Å². The number of sulfonamides is 1. The molecule has 108 valence electrons. The molecule has 19 heavy (non-hydrogen) atoms. The van der Waals surface area contributed by atoms with Crippen LogP contribution in [0.15, 0.2) is 16.3 Å². The monoisotopic (exact) mass is 323 g/mol. The highest BCUT2D eigenvalue weighted by Crippen LogP contribution is 2.27. The Bertz CT molecular complexity index is 509. The molecule has 1 aromatic heterocycles. The summed E-state index contributed by atoms with van der Waals surface area (Å²) < 4.78 is 27.0. The zero-order valence-electron chi connectivity index (χ0n) is 10.5. The number of hydrogen-bond donors (Lipinski definition) is 2. The molecule has 1 atom stereocenters. The molecule has 1 heterocycles. The van der Waals surface area contributed by atoms with Gasteiger partial charge >= 0.3 is 0 Å². The highest BCUT2D eigenvalue weighted by atomic mass is 35.5. The molecule has 1 aromatic rings. The van der Waals surface area contributed by atoms with Crippen molar-refractivity contribution in [2.75, 3.05) is 6.54 Å². The van der Waals surface area contributed by atoms with Crippen molar-refractivity contribution in [1.29, 1.82) is 0 Å². The topological polar surface area (TPSA) is 66.4 Å². The Kier molecular flexibility index (Phi) is 5.25. The van der Waals surface area contributed by atoms with Crippen molar-refractivity contribution in [3.63, 3.8) is 0 Å². The Morgan fingerprint density at radius 2 is 2.05 bits per heavy atom. The molecule has 0 aromatic carbocycles. The second kappa shape index (κ2) is 6.54. The van der Waals surface area contributed by atoms with Gasteiger partial charge in [-0.3, -0.25) is 0 Å². The molecular weight excluding hydrogens is 306 g/mol. The van der Waals surface area contributed by atoms with Crippen molar-refractivity contribution in [3.8, 4) is 0 Å². The Hall–Kier alpha value is -0.140. The Labute approximate surface area is 122 Å². The minimum atomic E-state index is -3.55. The maximum absolute atomic E-state index is 12.0. The third-order valence-corrected chi connectivity index (χ3v) is 6.64. The lowest BCUT2D eigenvalue weighted by Crippen LogP contribution is -2.36. The van der Waals surface area contributed by atoms with Crippen molar-refractivity contribution < 1.29 is 13.5 Å². The standard InChI is InChI=1S/C12H18ClNO3S2/c13-11-6-7-12(18-11)19(16,17)14-8-10(15)9-4-2-1-3-5-9/h6-7,9-10,14-15H,1-5,8H2. The van der Waals surface area contributed by atoms with E-state index in [1.165, 1.54) is 12.5 Å². The Balaban J connectivity index is 1.90. The molecule has 2 N–H and O–H groups in total. The summed E-state index contributed by atoms with van der Waals surface area (Å²) in [6, 6.07) is 3.03. The number of halogens is 1. The average Bonchev–Trinajstić information content (AvgIpc) is 2.85. The van der Waals surface area contributed by atoms with Crippen molar-refractivity contribution in [1.82, 2.24) is 4.72 Å². The third-order valence-electron chi connectivity index (χ3n) is 3.49. The van der Waals surface area contributed by atoms with Crippen LogP contribution in [0.25, 0.3) is 0 Å². The SMILES string of the molecule is O=S(=O)(NCC(O)C1CCCCC1)c1ccc(Cl)s1. The van der Waals surface area contributed by atoms with E-state index in [1.54, 1.807) is 6.07 Å². The van der Waals surface area contributed by atoms with Gasteiger partial charge in [-0.05, 0) is 30.9 Å². The van der Waals surface area contributed by atoms with E-state index >= 15 is 0 Å². The summed E-state index contributed by atoms with van der Waals surface area (Å²) in [4.78, 5) is 0. The number of aliphatic hydroxyl groups is 1. The second-order valence-electron chi connectivity index (χ2n) is 4.88. The summed E-state index contributed by atoms with van der Waals surface area (Å²) in [6.45, 7) is 0.0719. The average molecular weight is 324 g/mol. The van der Waals surface area contributed by atoms with Gasteiger partial charge in [0.25, 0.3) is 0 Å². The molecule has 1 fully saturated rings. The van der Waals surface area contributed by atoms with Crippen molar-refractivity contribution in [3.05, 3.63) is 16.5 Å². The van der Waals surface area contributed by atoms with Crippen LogP contribution >= 0.6 is 22.9 Å². The van der Waals surface area contributed by atoms with E-state index in [-0.39, 0.29) is 16.7 Å². The van der Waals surface area contributed by atoms with Crippen molar-refractivity contribution in [2.45, 2.75) is 42.4 Å². The van der Waals surface area contributed by atoms with E-state index < -0.39 is 16.1 Å². The van der Waals surface area contributed by atoms with E-state index in [4.69, 9.17) is 11.6 Å². The zero-order chi connectivity index (χ0) is 13.9. The largest absolute Gasteiger partial charge is 0.391 e. The number of rotatable bonds is 5. The highest BCUT2D eigenvalue weighted by Gasteiger charge is 2.24. The molecule has 1 unspecified atom stereocenters. The van der Waals surface area contributed by atoms with Crippen LogP contribution in [-0.4, -0.2) is 26.2 Å². The lowest BCUT2D eigenvalue weighted by molar-refractivity contribution is 0.0888. The Morgan fingerprint density at radius 1 is 1.37 bits per heavy atom. The van der Waals surface area contributed by atoms with Gasteiger partial charge in [-0.2, -0.15) is 0 Å². The first-order valence-electron chi connectivity index (χ1n) is 6.42. The molecule has 0 aliphatic heterocycles. The lowest BCUT2D eigenvalue weighted by Gasteiger charge is -2.26. The molecule has 0 amide bonds. The molecule has 1 aliphatic rings. The second-order valence-corrected chi connectivity index (χ2v) is 8.58. The minimum absolute atomic E-state index is 0.0719. The van der Waals surface area contributed by atoms with Gasteiger partial charge in [0.1, 0.15) is 4.21 Å². The number of nitrogens with one attached hydrogen (secondary N) is 1. The fourth-order valence-corrected chi connectivity index (χ4v) is 4.97. The quantitative estimate of drug-likeness (QED) is 0.875. The van der Waals surface area contributed by atoms with Crippen molar-refractivity contribution in [2.24, 2.45) is 5.92 Å². The first-order chi connectivity index (χ1) is 8.99. The molecule has 0 saturated heterocycles. The smallest absolute Gasteiger partial charge is 0.250 e. The number of thiophene rings is 1. The summed E-state index contributed by atoms with van der Waals surface area (Å²) >= 11 is 6.74. The van der Waals surface area contributed by atoms with E-state index in [2.05, 4.69) is 4.72 Å². The third kappa shape index (κ3) is 4.16. The van der Waals surface area contributed by atoms with Gasteiger partial charge in [0, 0.05) is 6.54 Å². The molecule has 2 rings (SSSR count). The van der Waals surface area contributed by atoms with Crippen molar-refractivity contribution >= 4 is 33.0 Å². The molecule has 1 saturated carbocycles. The summed E-state index contributed by atoms with van der Waals surface area (Å²) in [6.07, 6.45) is 4.80. The molecule has 7 heteroatoms. The summed E-state index contributed by atoms with van der Waals surface area (Å²) in [5.41, 5.74) is 0. The maximum Gasteiger partial charge on any atom is 0.250 e. The van der Waals surface area contributed by atoms with Crippen LogP contribution in [0.3, 0.4) is 0 Å². The predicted molar refractivity (Wildman–Crippen MR) is 77.1 cm³/mol. The molecular formula is C12H18ClNO3S2. The molecule has 0 radical (unpaired) electrons. The summed E-state index contributed by atoms with van der Waals surface area (Å²) in [5, 5.41) is 10.0. The number of aliphatic hydroxyl groups excluding tert-OH is 1. The van der Waals surface area contributed by atoms with Gasteiger partial charge in [-0.1, -0.05) is 30.9 Å². The molecule has 4 nitrogen and oxygen atoms in total. The van der Waals surface area contributed by atoms with Gasteiger partial charge in [0.15, 0.2) is 0 Å². The van der Waals surface area contributed by atoms with Crippen LogP contribution < -0.4 is 4.72 Å². The summed E-state index contributed by atoms with van der Waals surface area (Å²) in [5.74, 6) is 0.211. The van der Waals surface area contributed by atoms with Crippen LogP contribution in [0, 0.1) is 5.92 Å². The molecule has 0 spiro atoms. The van der Waals surface area contributed by atoms with Gasteiger partial charge in [-0.15, -0.1) is 11.3 Å². The normalized spacial score (nSPS) is 19.5. The lowest BCUT2D eigenvalue weighted by atomic mass is 9.85. The predicted octanol–water partition coefficient (Wildman–Crippen LogP) is 2.62. The van der Waals surface area contributed by atoms with E-state index in [0.29, 0.717) is 4.34 Å². The van der Waals surface area contributed by atoms with Gasteiger partial charge < -0.3 is 5.11 Å². The minimum Gasteiger partial charge on any atom is -0.391 e. The van der Waals surface area contributed by atoms with Crippen LogP contribution in [0.2, 0.25) is 4.34 Å². The zero-order valence-corrected chi connectivity index (χ0v) is 12.9. The van der Waals surface area contributed by atoms with E-state index in [9.17, 15) is 13.5 Å². The summed E-state index contributed by atoms with van der Waals surface area (Å²) in [7, 11) is -3.55. The fourth-order valence-electron chi connectivity index (χ4n) is 2.39. The Morgan fingerprint density at radius 3 is 2.63 bits per heavy atom. The van der Waals surface area contributed by atoms with Gasteiger partial charge in [0.05, 0.1) is 10.4 Å². The van der Waals surface area contributed by atoms with E-state index in [0.717, 1.165) is 37.0 Å². The number of hydrogen-bond acceptors (Lipinski definition) is 4. The maximum atomic E-state index is 12.0. The highest BCUT2D eigenvalue weighted by molar-refractivity contribution is 7.91.